The number of rotatable bonds is 4. The molecule has 1 fully saturated rings. The fourth-order valence-electron chi connectivity index (χ4n) is 2.09. The van der Waals surface area contributed by atoms with Gasteiger partial charge in [-0.15, -0.1) is 0 Å². The van der Waals surface area contributed by atoms with Crippen LogP contribution < -0.4 is 10.2 Å². The first kappa shape index (κ1) is 14.7. The van der Waals surface area contributed by atoms with Gasteiger partial charge in [-0.3, -0.25) is 4.79 Å². The number of pyridine rings is 1. The number of aromatic nitrogens is 1. The molecule has 0 aliphatic carbocycles. The Labute approximate surface area is 119 Å². The summed E-state index contributed by atoms with van der Waals surface area (Å²) < 4.78 is 0. The number of amides is 1. The molecule has 0 aromatic carbocycles. The van der Waals surface area contributed by atoms with Crippen LogP contribution in [-0.4, -0.2) is 66.8 Å². The van der Waals surface area contributed by atoms with Crippen molar-refractivity contribution in [3.8, 4) is 0 Å². The Kier molecular flexibility index (Phi) is 4.92. The average molecular weight is 278 g/mol. The van der Waals surface area contributed by atoms with E-state index < -0.39 is 6.10 Å². The van der Waals surface area contributed by atoms with Gasteiger partial charge in [0.25, 0.3) is 5.91 Å². The predicted octanol–water partition coefficient (Wildman–Crippen LogP) is -0.0560. The van der Waals surface area contributed by atoms with Crippen molar-refractivity contribution in [1.82, 2.24) is 15.2 Å². The number of nitrogens with zero attached hydrogens (tertiary/aromatic N) is 3. The molecule has 2 rings (SSSR count). The lowest BCUT2D eigenvalue weighted by Gasteiger charge is -2.33. The molecule has 1 aromatic rings. The smallest absolute Gasteiger partial charge is 0.252 e. The largest absolute Gasteiger partial charge is 0.392 e. The number of hydrogen-bond donors (Lipinski definition) is 2. The fourth-order valence-corrected chi connectivity index (χ4v) is 2.09. The normalized spacial score (nSPS) is 17.9. The summed E-state index contributed by atoms with van der Waals surface area (Å²) in [7, 11) is 2.11. The van der Waals surface area contributed by atoms with Crippen LogP contribution in [0, 0.1) is 0 Å². The lowest BCUT2D eigenvalue weighted by molar-refractivity contribution is 0.0923. The molecule has 0 bridgehead atoms. The number of likely N-dealkylation sites (N-methyl/N-ethyl adjacent to an activating group) is 1. The summed E-state index contributed by atoms with van der Waals surface area (Å²) in [6.45, 7) is 5.85. The van der Waals surface area contributed by atoms with Crippen molar-refractivity contribution in [3.05, 3.63) is 23.9 Å². The van der Waals surface area contributed by atoms with Gasteiger partial charge in [-0.1, -0.05) is 0 Å². The van der Waals surface area contributed by atoms with Gasteiger partial charge in [0.1, 0.15) is 5.82 Å². The second kappa shape index (κ2) is 6.67. The fraction of sp³-hybridized carbons (Fsp3) is 0.571. The second-order valence-electron chi connectivity index (χ2n) is 5.25. The molecule has 110 valence electrons. The Hall–Kier alpha value is -1.66. The molecule has 0 spiro atoms. The van der Waals surface area contributed by atoms with Crippen molar-refractivity contribution in [3.63, 3.8) is 0 Å². The van der Waals surface area contributed by atoms with Crippen LogP contribution in [0.4, 0.5) is 5.82 Å². The van der Waals surface area contributed by atoms with Crippen molar-refractivity contribution >= 4 is 11.7 Å². The third-order valence-corrected chi connectivity index (χ3v) is 3.40. The monoisotopic (exact) mass is 278 g/mol. The topological polar surface area (TPSA) is 68.7 Å². The number of nitrogens with one attached hydrogen (secondary N) is 1. The van der Waals surface area contributed by atoms with Crippen LogP contribution >= 0.6 is 0 Å². The van der Waals surface area contributed by atoms with Gasteiger partial charge in [0.15, 0.2) is 0 Å². The van der Waals surface area contributed by atoms with Crippen LogP contribution in [0.15, 0.2) is 18.3 Å². The standard InChI is InChI=1S/C14H22N4O2/c1-11(19)9-16-14(20)12-3-4-13(15-10-12)18-7-5-17(2)6-8-18/h3-4,10-11,19H,5-9H2,1-2H3,(H,16,20). The van der Waals surface area contributed by atoms with Crippen LogP contribution in [0.1, 0.15) is 17.3 Å². The first-order chi connectivity index (χ1) is 9.56. The minimum Gasteiger partial charge on any atom is -0.392 e. The summed E-state index contributed by atoms with van der Waals surface area (Å²) in [5, 5.41) is 11.8. The van der Waals surface area contributed by atoms with E-state index in [1.165, 1.54) is 0 Å². The lowest BCUT2D eigenvalue weighted by Crippen LogP contribution is -2.44. The molecule has 1 amide bonds. The number of hydrogen-bond acceptors (Lipinski definition) is 5. The Morgan fingerprint density at radius 2 is 2.10 bits per heavy atom. The first-order valence-electron chi connectivity index (χ1n) is 6.92. The van der Waals surface area contributed by atoms with Gasteiger partial charge in [0.2, 0.25) is 0 Å². The lowest BCUT2D eigenvalue weighted by atomic mass is 10.2. The molecule has 20 heavy (non-hydrogen) atoms. The van der Waals surface area contributed by atoms with Crippen LogP contribution in [0.3, 0.4) is 0 Å². The number of aliphatic hydroxyl groups excluding tert-OH is 1. The van der Waals surface area contributed by atoms with Gasteiger partial charge in [-0.05, 0) is 26.1 Å². The van der Waals surface area contributed by atoms with Crippen LogP contribution in [0.2, 0.25) is 0 Å². The highest BCUT2D eigenvalue weighted by molar-refractivity contribution is 5.94. The first-order valence-corrected chi connectivity index (χ1v) is 6.92. The van der Waals surface area contributed by atoms with Gasteiger partial charge in [-0.25, -0.2) is 4.98 Å². The highest BCUT2D eigenvalue weighted by atomic mass is 16.3. The molecule has 1 aliphatic rings. The summed E-state index contributed by atoms with van der Waals surface area (Å²) in [4.78, 5) is 20.7. The summed E-state index contributed by atoms with van der Waals surface area (Å²) in [6.07, 6.45) is 1.04. The molecule has 0 radical (unpaired) electrons. The Bertz CT molecular complexity index is 439. The van der Waals surface area contributed by atoms with Gasteiger partial charge in [-0.2, -0.15) is 0 Å². The second-order valence-corrected chi connectivity index (χ2v) is 5.25. The number of piperazine rings is 1. The zero-order valence-electron chi connectivity index (χ0n) is 12.0. The van der Waals surface area contributed by atoms with E-state index in [0.29, 0.717) is 5.56 Å². The van der Waals surface area contributed by atoms with Gasteiger partial charge in [0, 0.05) is 38.9 Å². The van der Waals surface area contributed by atoms with E-state index >= 15 is 0 Å². The van der Waals surface area contributed by atoms with Crippen molar-refractivity contribution < 1.29 is 9.90 Å². The molecule has 1 aromatic heterocycles. The zero-order valence-corrected chi connectivity index (χ0v) is 12.0. The maximum atomic E-state index is 11.8. The number of carbonyl (C=O) groups is 1. The maximum absolute atomic E-state index is 11.8. The minimum atomic E-state index is -0.545. The highest BCUT2D eigenvalue weighted by Gasteiger charge is 2.15. The van der Waals surface area contributed by atoms with E-state index in [1.807, 2.05) is 6.07 Å². The summed E-state index contributed by atoms with van der Waals surface area (Å²) in [5.74, 6) is 0.702. The molecule has 1 unspecified atom stereocenters. The summed E-state index contributed by atoms with van der Waals surface area (Å²) >= 11 is 0. The average Bonchev–Trinajstić information content (AvgIpc) is 2.46. The number of carbonyl (C=O) groups excluding carboxylic acids is 1. The molecule has 1 atom stereocenters. The van der Waals surface area contributed by atoms with Crippen LogP contribution in [0.25, 0.3) is 0 Å². The van der Waals surface area contributed by atoms with E-state index in [1.54, 1.807) is 19.2 Å². The van der Waals surface area contributed by atoms with Crippen molar-refractivity contribution in [1.29, 1.82) is 0 Å². The number of aliphatic hydroxyl groups is 1. The Balaban J connectivity index is 1.94. The van der Waals surface area contributed by atoms with E-state index in [9.17, 15) is 4.79 Å². The Morgan fingerprint density at radius 3 is 2.65 bits per heavy atom. The molecule has 2 N–H and O–H groups in total. The zero-order chi connectivity index (χ0) is 14.5. The van der Waals surface area contributed by atoms with Crippen molar-refractivity contribution in [2.75, 3.05) is 44.7 Å². The SMILES string of the molecule is CC(O)CNC(=O)c1ccc(N2CCN(C)CC2)nc1. The molecular formula is C14H22N4O2. The third-order valence-electron chi connectivity index (χ3n) is 3.40. The van der Waals surface area contributed by atoms with E-state index in [-0.39, 0.29) is 12.5 Å². The van der Waals surface area contributed by atoms with Gasteiger partial charge in [0.05, 0.1) is 11.7 Å². The Morgan fingerprint density at radius 1 is 1.40 bits per heavy atom. The highest BCUT2D eigenvalue weighted by Crippen LogP contribution is 2.13. The predicted molar refractivity (Wildman–Crippen MR) is 78.0 cm³/mol. The molecule has 1 aliphatic heterocycles. The molecule has 6 heteroatoms. The van der Waals surface area contributed by atoms with Crippen LogP contribution in [-0.2, 0) is 0 Å². The minimum absolute atomic E-state index is 0.205. The maximum Gasteiger partial charge on any atom is 0.252 e. The third kappa shape index (κ3) is 3.91. The quantitative estimate of drug-likeness (QED) is 0.808. The van der Waals surface area contributed by atoms with E-state index in [2.05, 4.69) is 27.1 Å². The van der Waals surface area contributed by atoms with Crippen molar-refractivity contribution in [2.24, 2.45) is 0 Å². The van der Waals surface area contributed by atoms with E-state index in [0.717, 1.165) is 32.0 Å². The van der Waals surface area contributed by atoms with Crippen LogP contribution in [0.5, 0.6) is 0 Å². The van der Waals surface area contributed by atoms with Gasteiger partial charge < -0.3 is 20.2 Å². The molecule has 0 saturated carbocycles. The number of anilines is 1. The molecule has 6 nitrogen and oxygen atoms in total. The van der Waals surface area contributed by atoms with E-state index in [4.69, 9.17) is 5.11 Å². The van der Waals surface area contributed by atoms with Gasteiger partial charge >= 0.3 is 0 Å². The summed E-state index contributed by atoms with van der Waals surface area (Å²) in [6, 6.07) is 3.65. The van der Waals surface area contributed by atoms with Crippen molar-refractivity contribution in [2.45, 2.75) is 13.0 Å². The molecular weight excluding hydrogens is 256 g/mol. The summed E-state index contributed by atoms with van der Waals surface area (Å²) in [5.41, 5.74) is 0.517. The molecule has 2 heterocycles. The molecule has 1 saturated heterocycles.